The maximum Gasteiger partial charge on any atom is 0.139 e. The lowest BCUT2D eigenvalue weighted by atomic mass is 9.97. The molecule has 2 N–H and O–H groups in total. The van der Waals surface area contributed by atoms with Crippen LogP contribution in [0, 0.1) is 0 Å². The third-order valence-corrected chi connectivity index (χ3v) is 5.57. The smallest absolute Gasteiger partial charge is 0.139 e. The summed E-state index contributed by atoms with van der Waals surface area (Å²) in [5.74, 6) is 1.67. The van der Waals surface area contributed by atoms with Crippen molar-refractivity contribution in [2.24, 2.45) is 0 Å². The van der Waals surface area contributed by atoms with Crippen LogP contribution in [-0.2, 0) is 12.8 Å². The number of aliphatic hydroxyl groups excluding tert-OH is 1. The van der Waals surface area contributed by atoms with E-state index in [2.05, 4.69) is 15.3 Å². The van der Waals surface area contributed by atoms with Crippen LogP contribution in [0.25, 0.3) is 10.2 Å². The van der Waals surface area contributed by atoms with Gasteiger partial charge < -0.3 is 14.8 Å². The Bertz CT molecular complexity index is 798. The molecule has 3 aromatic heterocycles. The zero-order valence-corrected chi connectivity index (χ0v) is 13.6. The lowest BCUT2D eigenvalue weighted by Crippen LogP contribution is -2.13. The zero-order chi connectivity index (χ0) is 15.6. The molecule has 0 amide bonds. The number of aryl methyl sites for hydroxylation is 2. The fraction of sp³-hybridized carbons (Fsp3) is 0.412. The number of aromatic nitrogens is 2. The van der Waals surface area contributed by atoms with Gasteiger partial charge in [-0.1, -0.05) is 0 Å². The van der Waals surface area contributed by atoms with Gasteiger partial charge in [0, 0.05) is 11.5 Å². The summed E-state index contributed by atoms with van der Waals surface area (Å²) in [7, 11) is 0. The highest BCUT2D eigenvalue weighted by Gasteiger charge is 2.22. The number of nitrogens with one attached hydrogen (secondary N) is 1. The summed E-state index contributed by atoms with van der Waals surface area (Å²) in [6.45, 7) is 0.0916. The number of thiophene rings is 1. The number of nitrogens with zero attached hydrogens (tertiary/aromatic N) is 2. The fourth-order valence-electron chi connectivity index (χ4n) is 3.27. The molecule has 1 aliphatic rings. The van der Waals surface area contributed by atoms with E-state index in [-0.39, 0.29) is 12.6 Å². The van der Waals surface area contributed by atoms with E-state index in [0.29, 0.717) is 6.42 Å². The summed E-state index contributed by atoms with van der Waals surface area (Å²) >= 11 is 1.79. The van der Waals surface area contributed by atoms with Crippen LogP contribution in [-0.4, -0.2) is 21.7 Å². The molecule has 4 rings (SSSR count). The van der Waals surface area contributed by atoms with E-state index in [9.17, 15) is 5.11 Å². The molecule has 3 heterocycles. The Morgan fingerprint density at radius 1 is 1.30 bits per heavy atom. The number of hydrogen-bond acceptors (Lipinski definition) is 6. The number of anilines is 1. The van der Waals surface area contributed by atoms with Gasteiger partial charge in [-0.25, -0.2) is 9.97 Å². The van der Waals surface area contributed by atoms with Gasteiger partial charge in [0.15, 0.2) is 0 Å². The van der Waals surface area contributed by atoms with Crippen molar-refractivity contribution < 1.29 is 9.52 Å². The van der Waals surface area contributed by atoms with Gasteiger partial charge in [-0.2, -0.15) is 0 Å². The Labute approximate surface area is 138 Å². The summed E-state index contributed by atoms with van der Waals surface area (Å²) in [6, 6.07) is 3.70. The Morgan fingerprint density at radius 3 is 3.04 bits per heavy atom. The maximum absolute atomic E-state index is 9.37. The minimum Gasteiger partial charge on any atom is -0.467 e. The second-order valence-corrected chi connectivity index (χ2v) is 6.92. The molecular formula is C17H19N3O2S. The van der Waals surface area contributed by atoms with Crippen molar-refractivity contribution in [1.82, 2.24) is 9.97 Å². The third-order valence-electron chi connectivity index (χ3n) is 4.37. The molecule has 1 atom stereocenters. The summed E-state index contributed by atoms with van der Waals surface area (Å²) in [5.41, 5.74) is 1.40. The van der Waals surface area contributed by atoms with Crippen molar-refractivity contribution in [1.29, 1.82) is 0 Å². The first-order chi connectivity index (χ1) is 11.4. The first kappa shape index (κ1) is 14.7. The summed E-state index contributed by atoms with van der Waals surface area (Å²) in [5, 5.41) is 14.0. The molecule has 0 aliphatic heterocycles. The van der Waals surface area contributed by atoms with Crippen LogP contribution in [0.1, 0.15) is 41.5 Å². The Balaban J connectivity index is 1.74. The Kier molecular flexibility index (Phi) is 4.01. The van der Waals surface area contributed by atoms with Crippen LogP contribution >= 0.6 is 11.3 Å². The molecule has 0 spiro atoms. The summed E-state index contributed by atoms with van der Waals surface area (Å²) in [6.07, 6.45) is 8.58. The van der Waals surface area contributed by atoms with Crippen LogP contribution in [0.2, 0.25) is 0 Å². The molecule has 1 unspecified atom stereocenters. The summed E-state index contributed by atoms with van der Waals surface area (Å²) in [4.78, 5) is 11.4. The van der Waals surface area contributed by atoms with E-state index in [0.717, 1.165) is 34.6 Å². The fourth-order valence-corrected chi connectivity index (χ4v) is 4.50. The molecule has 0 bridgehead atoms. The van der Waals surface area contributed by atoms with Gasteiger partial charge in [-0.3, -0.25) is 0 Å². The summed E-state index contributed by atoms with van der Waals surface area (Å²) < 4.78 is 5.51. The Hall–Kier alpha value is -1.92. The van der Waals surface area contributed by atoms with E-state index in [1.807, 2.05) is 12.1 Å². The second kappa shape index (κ2) is 6.29. The third kappa shape index (κ3) is 2.72. The number of furan rings is 1. The van der Waals surface area contributed by atoms with Crippen LogP contribution in [0.5, 0.6) is 0 Å². The largest absolute Gasteiger partial charge is 0.467 e. The second-order valence-electron chi connectivity index (χ2n) is 5.84. The van der Waals surface area contributed by atoms with Gasteiger partial charge >= 0.3 is 0 Å². The standard InChI is InChI=1S/C17H19N3O2S/c21-8-7-12(13-5-3-9-22-13)20-16-15-11-4-1-2-6-14(11)23-17(15)19-10-18-16/h3,5,9-10,12,21H,1-2,4,6-8H2,(H,18,19,20). The van der Waals surface area contributed by atoms with Crippen molar-refractivity contribution in [3.8, 4) is 0 Å². The van der Waals surface area contributed by atoms with E-state index in [1.165, 1.54) is 23.3 Å². The van der Waals surface area contributed by atoms with Gasteiger partial charge in [-0.05, 0) is 49.8 Å². The molecule has 0 aromatic carbocycles. The van der Waals surface area contributed by atoms with Crippen molar-refractivity contribution in [2.75, 3.05) is 11.9 Å². The monoisotopic (exact) mass is 329 g/mol. The number of hydrogen-bond donors (Lipinski definition) is 2. The highest BCUT2D eigenvalue weighted by molar-refractivity contribution is 7.19. The van der Waals surface area contributed by atoms with Gasteiger partial charge in [0.1, 0.15) is 22.7 Å². The normalized spacial score (nSPS) is 15.5. The van der Waals surface area contributed by atoms with Gasteiger partial charge in [0.25, 0.3) is 0 Å². The molecule has 0 radical (unpaired) electrons. The highest BCUT2D eigenvalue weighted by atomic mass is 32.1. The van der Waals surface area contributed by atoms with Crippen LogP contribution in [0.4, 0.5) is 5.82 Å². The molecule has 5 nitrogen and oxygen atoms in total. The van der Waals surface area contributed by atoms with Crippen molar-refractivity contribution in [3.63, 3.8) is 0 Å². The average Bonchev–Trinajstić information content (AvgIpc) is 3.22. The number of fused-ring (bicyclic) bond motifs is 3. The van der Waals surface area contributed by atoms with Crippen LogP contribution in [0.3, 0.4) is 0 Å². The lowest BCUT2D eigenvalue weighted by Gasteiger charge is -2.18. The van der Waals surface area contributed by atoms with Crippen molar-refractivity contribution in [3.05, 3.63) is 40.9 Å². The molecule has 3 aromatic rings. The van der Waals surface area contributed by atoms with Crippen LogP contribution < -0.4 is 5.32 Å². The first-order valence-corrected chi connectivity index (χ1v) is 8.84. The maximum atomic E-state index is 9.37. The van der Waals surface area contributed by atoms with Gasteiger partial charge in [0.05, 0.1) is 17.7 Å². The molecule has 1 aliphatic carbocycles. The number of aliphatic hydroxyl groups is 1. The zero-order valence-electron chi connectivity index (χ0n) is 12.8. The number of rotatable bonds is 5. The molecule has 6 heteroatoms. The molecule has 0 fully saturated rings. The lowest BCUT2D eigenvalue weighted by molar-refractivity contribution is 0.273. The first-order valence-electron chi connectivity index (χ1n) is 8.03. The predicted octanol–water partition coefficient (Wildman–Crippen LogP) is 3.70. The quantitative estimate of drug-likeness (QED) is 0.747. The SMILES string of the molecule is OCCC(Nc1ncnc2sc3c(c12)CCCC3)c1ccco1. The van der Waals surface area contributed by atoms with E-state index in [4.69, 9.17) is 4.42 Å². The molecule has 120 valence electrons. The van der Waals surface area contributed by atoms with Gasteiger partial charge in [0.2, 0.25) is 0 Å². The van der Waals surface area contributed by atoms with Crippen LogP contribution in [0.15, 0.2) is 29.1 Å². The van der Waals surface area contributed by atoms with Gasteiger partial charge in [-0.15, -0.1) is 11.3 Å². The Morgan fingerprint density at radius 2 is 2.22 bits per heavy atom. The van der Waals surface area contributed by atoms with E-state index in [1.54, 1.807) is 23.9 Å². The van der Waals surface area contributed by atoms with E-state index < -0.39 is 0 Å². The molecular weight excluding hydrogens is 310 g/mol. The molecule has 0 saturated heterocycles. The highest BCUT2D eigenvalue weighted by Crippen LogP contribution is 2.39. The average molecular weight is 329 g/mol. The van der Waals surface area contributed by atoms with Crippen molar-refractivity contribution in [2.45, 2.75) is 38.1 Å². The molecule has 0 saturated carbocycles. The topological polar surface area (TPSA) is 71.2 Å². The van der Waals surface area contributed by atoms with E-state index >= 15 is 0 Å². The van der Waals surface area contributed by atoms with Crippen molar-refractivity contribution >= 4 is 27.4 Å². The molecule has 23 heavy (non-hydrogen) atoms. The minimum absolute atomic E-state index is 0.0905. The minimum atomic E-state index is -0.0905. The predicted molar refractivity (Wildman–Crippen MR) is 90.8 cm³/mol.